The van der Waals surface area contributed by atoms with Crippen LogP contribution < -0.4 is 0 Å². The molecule has 0 saturated carbocycles. The summed E-state index contributed by atoms with van der Waals surface area (Å²) < 4.78 is 24.2. The fourth-order valence-corrected chi connectivity index (χ4v) is 6.28. The number of amides is 1. The highest BCUT2D eigenvalue weighted by Gasteiger charge is 2.47. The minimum atomic E-state index is -3.06. The molecule has 24 heavy (non-hydrogen) atoms. The third-order valence-electron chi connectivity index (χ3n) is 5.01. The van der Waals surface area contributed by atoms with Crippen LogP contribution in [-0.4, -0.2) is 73.6 Å². The third kappa shape index (κ3) is 3.63. The van der Waals surface area contributed by atoms with Crippen molar-refractivity contribution in [3.05, 3.63) is 29.8 Å². The lowest BCUT2D eigenvalue weighted by Crippen LogP contribution is -2.60. The fraction of sp³-hybridized carbons (Fsp3) is 0.588. The molecule has 3 rings (SSSR count). The molecule has 1 amide bonds. The van der Waals surface area contributed by atoms with E-state index in [1.165, 1.54) is 0 Å². The molecule has 2 saturated heterocycles. The van der Waals surface area contributed by atoms with Crippen LogP contribution in [0.1, 0.15) is 12.5 Å². The minimum Gasteiger partial charge on any atom is -0.336 e. The lowest BCUT2D eigenvalue weighted by Gasteiger charge is -2.43. The van der Waals surface area contributed by atoms with Gasteiger partial charge in [-0.05, 0) is 30.5 Å². The molecule has 0 aromatic heterocycles. The number of benzene rings is 1. The molecule has 0 spiro atoms. The molecule has 2 atom stereocenters. The zero-order valence-corrected chi connectivity index (χ0v) is 15.8. The highest BCUT2D eigenvalue weighted by Crippen LogP contribution is 2.27. The van der Waals surface area contributed by atoms with Gasteiger partial charge in [-0.3, -0.25) is 9.69 Å². The van der Waals surface area contributed by atoms with Crippen molar-refractivity contribution in [1.29, 1.82) is 0 Å². The summed E-state index contributed by atoms with van der Waals surface area (Å²) >= 11 is 1.65. The summed E-state index contributed by atoms with van der Waals surface area (Å²) in [5, 5.41) is 0. The second-order valence-electron chi connectivity index (χ2n) is 6.46. The predicted molar refractivity (Wildman–Crippen MR) is 97.1 cm³/mol. The van der Waals surface area contributed by atoms with Crippen molar-refractivity contribution in [2.24, 2.45) is 0 Å². The summed E-state index contributed by atoms with van der Waals surface area (Å²) in [4.78, 5) is 18.0. The van der Waals surface area contributed by atoms with Crippen LogP contribution in [0.2, 0.25) is 0 Å². The van der Waals surface area contributed by atoms with Crippen LogP contribution in [-0.2, 0) is 21.1 Å². The van der Waals surface area contributed by atoms with Crippen molar-refractivity contribution in [3.8, 4) is 0 Å². The summed E-state index contributed by atoms with van der Waals surface area (Å²) in [6.07, 6.45) is 2.35. The molecular formula is C17H24N2O3S2. The van der Waals surface area contributed by atoms with Gasteiger partial charge in [0.25, 0.3) is 0 Å². The van der Waals surface area contributed by atoms with Gasteiger partial charge in [-0.1, -0.05) is 19.1 Å². The Morgan fingerprint density at radius 2 is 2.00 bits per heavy atom. The van der Waals surface area contributed by atoms with E-state index < -0.39 is 9.84 Å². The van der Waals surface area contributed by atoms with Crippen molar-refractivity contribution in [2.75, 3.05) is 37.4 Å². The number of carbonyl (C=O) groups is 1. The predicted octanol–water partition coefficient (Wildman–Crippen LogP) is 1.28. The van der Waals surface area contributed by atoms with Crippen molar-refractivity contribution < 1.29 is 13.2 Å². The van der Waals surface area contributed by atoms with Gasteiger partial charge < -0.3 is 4.90 Å². The van der Waals surface area contributed by atoms with Gasteiger partial charge in [0.15, 0.2) is 9.84 Å². The highest BCUT2D eigenvalue weighted by molar-refractivity contribution is 7.98. The Hall–Kier alpha value is -1.05. The molecule has 0 aliphatic carbocycles. The second-order valence-corrected chi connectivity index (χ2v) is 9.49. The summed E-state index contributed by atoms with van der Waals surface area (Å²) in [5.41, 5.74) is 0.988. The van der Waals surface area contributed by atoms with Gasteiger partial charge in [-0.25, -0.2) is 8.42 Å². The average molecular weight is 369 g/mol. The third-order valence-corrected chi connectivity index (χ3v) is 7.43. The smallest absolute Gasteiger partial charge is 0.227 e. The molecule has 2 aliphatic rings. The van der Waals surface area contributed by atoms with Crippen LogP contribution in [0.4, 0.5) is 0 Å². The Labute approximate surface area is 148 Å². The maximum absolute atomic E-state index is 12.8. The SMILES string of the molecule is CCN1CCN(C(=O)Cc2cccc(SC)c2)[C@H]2CS(=O)(=O)C[C@H]21. The Balaban J connectivity index is 1.77. The molecule has 5 nitrogen and oxygen atoms in total. The standard InChI is InChI=1S/C17H24N2O3S2/c1-3-18-7-8-19(16-12-24(21,22)11-15(16)18)17(20)10-13-5-4-6-14(9-13)23-2/h4-6,9,15-16H,3,7-8,10-12H2,1-2H3/t15-,16+/m1/s1. The van der Waals surface area contributed by atoms with E-state index >= 15 is 0 Å². The normalized spacial score (nSPS) is 26.3. The number of hydrogen-bond donors (Lipinski definition) is 0. The van der Waals surface area contributed by atoms with Gasteiger partial charge in [0.2, 0.25) is 5.91 Å². The van der Waals surface area contributed by atoms with E-state index in [0.717, 1.165) is 23.5 Å². The lowest BCUT2D eigenvalue weighted by atomic mass is 10.0. The van der Waals surface area contributed by atoms with Crippen LogP contribution in [0.25, 0.3) is 0 Å². The van der Waals surface area contributed by atoms with Gasteiger partial charge in [0.1, 0.15) is 0 Å². The van der Waals surface area contributed by atoms with Crippen molar-refractivity contribution in [2.45, 2.75) is 30.3 Å². The van der Waals surface area contributed by atoms with E-state index in [1.54, 1.807) is 11.8 Å². The average Bonchev–Trinajstić information content (AvgIpc) is 2.88. The monoisotopic (exact) mass is 368 g/mol. The zero-order chi connectivity index (χ0) is 17.3. The number of thioether (sulfide) groups is 1. The maximum Gasteiger partial charge on any atom is 0.227 e. The van der Waals surface area contributed by atoms with E-state index in [4.69, 9.17) is 0 Å². The van der Waals surface area contributed by atoms with E-state index in [-0.39, 0.29) is 29.5 Å². The summed E-state index contributed by atoms with van der Waals surface area (Å²) in [6.45, 7) is 4.25. The molecule has 1 aromatic rings. The van der Waals surface area contributed by atoms with E-state index in [2.05, 4.69) is 4.90 Å². The first kappa shape index (κ1) is 17.8. The number of likely N-dealkylation sites (N-methyl/N-ethyl adjacent to an activating group) is 1. The quantitative estimate of drug-likeness (QED) is 0.750. The largest absolute Gasteiger partial charge is 0.336 e. The topological polar surface area (TPSA) is 57.7 Å². The highest BCUT2D eigenvalue weighted by atomic mass is 32.2. The van der Waals surface area contributed by atoms with Gasteiger partial charge in [0, 0.05) is 24.0 Å². The van der Waals surface area contributed by atoms with Gasteiger partial charge >= 0.3 is 0 Å². The van der Waals surface area contributed by atoms with E-state index in [1.807, 2.05) is 42.3 Å². The number of rotatable bonds is 4. The zero-order valence-electron chi connectivity index (χ0n) is 14.1. The number of nitrogens with zero attached hydrogens (tertiary/aromatic N) is 2. The summed E-state index contributed by atoms with van der Waals surface area (Å²) in [6, 6.07) is 7.75. The van der Waals surface area contributed by atoms with Crippen LogP contribution in [0, 0.1) is 0 Å². The fourth-order valence-electron chi connectivity index (χ4n) is 3.79. The first-order valence-electron chi connectivity index (χ1n) is 8.30. The van der Waals surface area contributed by atoms with Gasteiger partial charge in [0.05, 0.1) is 24.0 Å². The lowest BCUT2D eigenvalue weighted by molar-refractivity contribution is -0.136. The Kier molecular flexibility index (Phi) is 5.22. The Morgan fingerprint density at radius 1 is 1.25 bits per heavy atom. The number of hydrogen-bond acceptors (Lipinski definition) is 5. The molecule has 2 aliphatic heterocycles. The maximum atomic E-state index is 12.8. The summed E-state index contributed by atoms with van der Waals surface area (Å²) in [7, 11) is -3.06. The summed E-state index contributed by atoms with van der Waals surface area (Å²) in [5.74, 6) is 0.318. The van der Waals surface area contributed by atoms with Crippen molar-refractivity contribution in [3.63, 3.8) is 0 Å². The number of fused-ring (bicyclic) bond motifs is 1. The number of sulfone groups is 1. The molecule has 2 heterocycles. The molecule has 0 unspecified atom stereocenters. The second kappa shape index (κ2) is 7.06. The molecule has 0 radical (unpaired) electrons. The molecule has 0 bridgehead atoms. The van der Waals surface area contributed by atoms with Gasteiger partial charge in [-0.2, -0.15) is 0 Å². The molecular weight excluding hydrogens is 344 g/mol. The van der Waals surface area contributed by atoms with Crippen LogP contribution in [0.3, 0.4) is 0 Å². The van der Waals surface area contributed by atoms with E-state index in [0.29, 0.717) is 13.0 Å². The number of carbonyl (C=O) groups excluding carboxylic acids is 1. The van der Waals surface area contributed by atoms with Gasteiger partial charge in [-0.15, -0.1) is 11.8 Å². The molecule has 1 aromatic carbocycles. The van der Waals surface area contributed by atoms with Crippen LogP contribution in [0.15, 0.2) is 29.2 Å². The molecule has 7 heteroatoms. The van der Waals surface area contributed by atoms with E-state index in [9.17, 15) is 13.2 Å². The van der Waals surface area contributed by atoms with Crippen molar-refractivity contribution >= 4 is 27.5 Å². The first-order valence-corrected chi connectivity index (χ1v) is 11.3. The Bertz CT molecular complexity index is 720. The molecule has 0 N–H and O–H groups in total. The van der Waals surface area contributed by atoms with Crippen LogP contribution in [0.5, 0.6) is 0 Å². The van der Waals surface area contributed by atoms with Crippen LogP contribution >= 0.6 is 11.8 Å². The van der Waals surface area contributed by atoms with Crippen molar-refractivity contribution in [1.82, 2.24) is 9.80 Å². The Morgan fingerprint density at radius 3 is 2.71 bits per heavy atom. The number of piperazine rings is 1. The first-order chi connectivity index (χ1) is 11.4. The minimum absolute atomic E-state index is 0.0381. The molecule has 132 valence electrons. The molecule has 2 fully saturated rings.